The number of hydrogen-bond donors (Lipinski definition) is 3. The van der Waals surface area contributed by atoms with Gasteiger partial charge in [0.25, 0.3) is 0 Å². The molecule has 0 aromatic carbocycles. The van der Waals surface area contributed by atoms with Gasteiger partial charge in [0.05, 0.1) is 19.3 Å². The number of nitrogens with zero attached hydrogens (tertiary/aromatic N) is 2. The molecule has 8 heteroatoms. The van der Waals surface area contributed by atoms with Crippen molar-refractivity contribution in [2.75, 3.05) is 25.6 Å². The molecule has 0 spiro atoms. The minimum atomic E-state index is -0.203. The Balaban J connectivity index is 1.56. The Hall–Kier alpha value is -1.67. The van der Waals surface area contributed by atoms with Crippen molar-refractivity contribution in [1.82, 2.24) is 20.5 Å². The Labute approximate surface area is 111 Å². The Kier molecular flexibility index (Phi) is 5.10. The molecule has 4 N–H and O–H groups in total. The van der Waals surface area contributed by atoms with Crippen LogP contribution in [0.15, 0.2) is 0 Å². The van der Waals surface area contributed by atoms with Gasteiger partial charge in [-0.15, -0.1) is 5.10 Å². The van der Waals surface area contributed by atoms with Gasteiger partial charge in [-0.1, -0.05) is 0 Å². The van der Waals surface area contributed by atoms with Gasteiger partial charge in [-0.2, -0.15) is 4.98 Å². The highest BCUT2D eigenvalue weighted by atomic mass is 16.5. The first-order valence-corrected chi connectivity index (χ1v) is 6.37. The molecule has 1 aliphatic rings. The molecule has 1 aromatic rings. The number of anilines is 1. The first-order chi connectivity index (χ1) is 9.24. The molecule has 8 nitrogen and oxygen atoms in total. The van der Waals surface area contributed by atoms with Crippen LogP contribution < -0.4 is 11.1 Å². The van der Waals surface area contributed by atoms with E-state index in [4.69, 9.17) is 15.2 Å². The van der Waals surface area contributed by atoms with Gasteiger partial charge in [0.2, 0.25) is 11.9 Å². The first-order valence-electron chi connectivity index (χ1n) is 6.37. The van der Waals surface area contributed by atoms with E-state index in [-0.39, 0.29) is 31.1 Å². The van der Waals surface area contributed by atoms with Crippen molar-refractivity contribution in [3.8, 4) is 0 Å². The standard InChI is InChI=1S/C11H19N5O3/c12-11-14-9(15-16-11)5-13-10(17)7-18-6-8-3-1-2-4-19-8/h8H,1-7H2,(H,13,17)(H3,12,14,15,16). The van der Waals surface area contributed by atoms with E-state index >= 15 is 0 Å². The van der Waals surface area contributed by atoms with Crippen LogP contribution in [0, 0.1) is 0 Å². The van der Waals surface area contributed by atoms with E-state index in [9.17, 15) is 4.79 Å². The lowest BCUT2D eigenvalue weighted by molar-refractivity contribution is -0.128. The number of aromatic nitrogens is 3. The SMILES string of the molecule is Nc1n[nH]c(CNC(=O)COCC2CCCCO2)n1. The smallest absolute Gasteiger partial charge is 0.246 e. The van der Waals surface area contributed by atoms with Crippen LogP contribution >= 0.6 is 0 Å². The molecule has 19 heavy (non-hydrogen) atoms. The molecular formula is C11H19N5O3. The summed E-state index contributed by atoms with van der Waals surface area (Å²) in [6.45, 7) is 1.52. The van der Waals surface area contributed by atoms with E-state index in [1.54, 1.807) is 0 Å². The maximum Gasteiger partial charge on any atom is 0.246 e. The minimum absolute atomic E-state index is 0.0173. The molecule has 1 atom stereocenters. The quantitative estimate of drug-likeness (QED) is 0.646. The molecule has 2 heterocycles. The van der Waals surface area contributed by atoms with Crippen LogP contribution in [0.25, 0.3) is 0 Å². The van der Waals surface area contributed by atoms with E-state index in [1.807, 2.05) is 0 Å². The van der Waals surface area contributed by atoms with Crippen molar-refractivity contribution in [3.05, 3.63) is 5.82 Å². The summed E-state index contributed by atoms with van der Waals surface area (Å²) < 4.78 is 10.8. The largest absolute Gasteiger partial charge is 0.376 e. The third-order valence-electron chi connectivity index (χ3n) is 2.81. The van der Waals surface area contributed by atoms with Crippen molar-refractivity contribution >= 4 is 11.9 Å². The van der Waals surface area contributed by atoms with Gasteiger partial charge in [-0.05, 0) is 19.3 Å². The molecule has 1 amide bonds. The first kappa shape index (κ1) is 13.8. The second-order valence-corrected chi connectivity index (χ2v) is 4.42. The average Bonchev–Trinajstić information content (AvgIpc) is 2.83. The van der Waals surface area contributed by atoms with E-state index < -0.39 is 0 Å². The highest BCUT2D eigenvalue weighted by Gasteiger charge is 2.14. The predicted octanol–water partition coefficient (Wildman–Crippen LogP) is -0.411. The lowest BCUT2D eigenvalue weighted by Crippen LogP contribution is -2.30. The summed E-state index contributed by atoms with van der Waals surface area (Å²) in [6.07, 6.45) is 3.39. The monoisotopic (exact) mass is 269 g/mol. The molecule has 0 aliphatic carbocycles. The highest BCUT2D eigenvalue weighted by molar-refractivity contribution is 5.77. The summed E-state index contributed by atoms with van der Waals surface area (Å²) in [6, 6.07) is 0. The summed E-state index contributed by atoms with van der Waals surface area (Å²) in [5, 5.41) is 8.92. The molecule has 1 unspecified atom stereocenters. The fraction of sp³-hybridized carbons (Fsp3) is 0.727. The lowest BCUT2D eigenvalue weighted by atomic mass is 10.1. The molecule has 1 fully saturated rings. The number of carbonyl (C=O) groups is 1. The van der Waals surface area contributed by atoms with Crippen LogP contribution in [-0.4, -0.2) is 47.0 Å². The zero-order valence-corrected chi connectivity index (χ0v) is 10.7. The number of aromatic amines is 1. The Morgan fingerprint density at radius 1 is 1.58 bits per heavy atom. The maximum absolute atomic E-state index is 11.5. The fourth-order valence-electron chi connectivity index (χ4n) is 1.84. The lowest BCUT2D eigenvalue weighted by Gasteiger charge is -2.22. The molecule has 1 aromatic heterocycles. The van der Waals surface area contributed by atoms with Gasteiger partial charge in [0, 0.05) is 6.61 Å². The van der Waals surface area contributed by atoms with Gasteiger partial charge in [0.15, 0.2) is 0 Å². The number of ether oxygens (including phenoxy) is 2. The number of nitrogen functional groups attached to an aromatic ring is 1. The van der Waals surface area contributed by atoms with Crippen molar-refractivity contribution in [3.63, 3.8) is 0 Å². The van der Waals surface area contributed by atoms with Gasteiger partial charge >= 0.3 is 0 Å². The van der Waals surface area contributed by atoms with Crippen LogP contribution in [0.3, 0.4) is 0 Å². The van der Waals surface area contributed by atoms with Gasteiger partial charge in [-0.3, -0.25) is 9.89 Å². The molecule has 0 saturated carbocycles. The van der Waals surface area contributed by atoms with Crippen molar-refractivity contribution in [1.29, 1.82) is 0 Å². The molecule has 1 aliphatic heterocycles. The number of hydrogen-bond acceptors (Lipinski definition) is 6. The average molecular weight is 269 g/mol. The van der Waals surface area contributed by atoms with Gasteiger partial charge in [-0.25, -0.2) is 0 Å². The fourth-order valence-corrected chi connectivity index (χ4v) is 1.84. The molecule has 106 valence electrons. The van der Waals surface area contributed by atoms with Crippen molar-refractivity contribution in [2.45, 2.75) is 31.9 Å². The summed E-state index contributed by atoms with van der Waals surface area (Å²) in [4.78, 5) is 15.4. The van der Waals surface area contributed by atoms with E-state index in [2.05, 4.69) is 20.5 Å². The third-order valence-corrected chi connectivity index (χ3v) is 2.81. The summed E-state index contributed by atoms with van der Waals surface area (Å²) >= 11 is 0. The predicted molar refractivity (Wildman–Crippen MR) is 67.1 cm³/mol. The summed E-state index contributed by atoms with van der Waals surface area (Å²) in [5.41, 5.74) is 5.34. The van der Waals surface area contributed by atoms with Crippen LogP contribution in [0.5, 0.6) is 0 Å². The highest BCUT2D eigenvalue weighted by Crippen LogP contribution is 2.12. The zero-order chi connectivity index (χ0) is 13.5. The molecule has 0 radical (unpaired) electrons. The minimum Gasteiger partial charge on any atom is -0.376 e. The molecular weight excluding hydrogens is 250 g/mol. The maximum atomic E-state index is 11.5. The third kappa shape index (κ3) is 4.84. The van der Waals surface area contributed by atoms with E-state index in [1.165, 1.54) is 0 Å². The number of carbonyl (C=O) groups excluding carboxylic acids is 1. The summed E-state index contributed by atoms with van der Waals surface area (Å²) in [7, 11) is 0. The molecule has 2 rings (SSSR count). The van der Waals surface area contributed by atoms with Crippen LogP contribution in [0.1, 0.15) is 25.1 Å². The number of H-pyrrole nitrogens is 1. The number of amides is 1. The van der Waals surface area contributed by atoms with Gasteiger partial charge in [0.1, 0.15) is 12.4 Å². The normalized spacial score (nSPS) is 19.3. The van der Waals surface area contributed by atoms with Crippen LogP contribution in [-0.2, 0) is 20.8 Å². The topological polar surface area (TPSA) is 115 Å². The summed E-state index contributed by atoms with van der Waals surface area (Å²) in [5.74, 6) is 0.474. The number of nitrogens with one attached hydrogen (secondary N) is 2. The van der Waals surface area contributed by atoms with Crippen LogP contribution in [0.2, 0.25) is 0 Å². The number of nitrogens with two attached hydrogens (primary N) is 1. The Morgan fingerprint density at radius 2 is 2.47 bits per heavy atom. The van der Waals surface area contributed by atoms with Crippen molar-refractivity contribution < 1.29 is 14.3 Å². The number of rotatable bonds is 6. The Morgan fingerprint density at radius 3 is 3.16 bits per heavy atom. The van der Waals surface area contributed by atoms with Crippen molar-refractivity contribution in [2.24, 2.45) is 0 Å². The second kappa shape index (κ2) is 7.05. The van der Waals surface area contributed by atoms with Gasteiger partial charge < -0.3 is 20.5 Å². The Bertz CT molecular complexity index is 403. The molecule has 1 saturated heterocycles. The van der Waals surface area contributed by atoms with E-state index in [0.29, 0.717) is 12.4 Å². The van der Waals surface area contributed by atoms with E-state index in [0.717, 1.165) is 25.9 Å². The molecule has 0 bridgehead atoms. The van der Waals surface area contributed by atoms with Crippen LogP contribution in [0.4, 0.5) is 5.95 Å². The zero-order valence-electron chi connectivity index (χ0n) is 10.7. The second-order valence-electron chi connectivity index (χ2n) is 4.42.